The van der Waals surface area contributed by atoms with Gasteiger partial charge in [0.25, 0.3) is 0 Å². The Hall–Kier alpha value is -2.83. The summed E-state index contributed by atoms with van der Waals surface area (Å²) in [6, 6.07) is 13.3. The lowest BCUT2D eigenvalue weighted by Crippen LogP contribution is -2.42. The number of aromatic hydroxyl groups is 2. The molecular weight excluding hydrogens is 496 g/mol. The lowest BCUT2D eigenvalue weighted by atomic mass is 9.74. The molecule has 0 saturated carbocycles. The van der Waals surface area contributed by atoms with E-state index in [1.54, 1.807) is 19.2 Å². The van der Waals surface area contributed by atoms with Crippen molar-refractivity contribution in [1.82, 2.24) is 4.57 Å². The van der Waals surface area contributed by atoms with Gasteiger partial charge in [-0.05, 0) is 36.7 Å². The molecule has 3 atom stereocenters. The second-order valence-corrected chi connectivity index (χ2v) is 17.0. The van der Waals surface area contributed by atoms with Gasteiger partial charge in [0.1, 0.15) is 11.2 Å². The van der Waals surface area contributed by atoms with E-state index in [-0.39, 0.29) is 22.9 Å². The van der Waals surface area contributed by atoms with E-state index in [1.807, 2.05) is 31.2 Å². The van der Waals surface area contributed by atoms with Crippen LogP contribution in [0.1, 0.15) is 63.6 Å². The number of nitrogens with zero attached hydrogens (tertiary/aromatic N) is 2. The average molecular weight is 535 g/mol. The van der Waals surface area contributed by atoms with Crippen LogP contribution in [0.5, 0.6) is 11.8 Å². The maximum atomic E-state index is 11.8. The molecule has 0 radical (unpaired) electrons. The van der Waals surface area contributed by atoms with Crippen LogP contribution >= 0.6 is 0 Å². The Balaban J connectivity index is 1.66. The van der Waals surface area contributed by atoms with Crippen molar-refractivity contribution in [2.24, 2.45) is 0 Å². The van der Waals surface area contributed by atoms with Crippen molar-refractivity contribution in [2.75, 3.05) is 13.7 Å². The van der Waals surface area contributed by atoms with Crippen molar-refractivity contribution < 1.29 is 24.1 Å². The summed E-state index contributed by atoms with van der Waals surface area (Å²) >= 11 is 0. The van der Waals surface area contributed by atoms with Crippen LogP contribution in [0.15, 0.2) is 36.4 Å². The van der Waals surface area contributed by atoms with E-state index in [0.717, 1.165) is 10.8 Å². The molecule has 0 unspecified atom stereocenters. The van der Waals surface area contributed by atoms with Gasteiger partial charge >= 0.3 is 0 Å². The van der Waals surface area contributed by atoms with Crippen molar-refractivity contribution in [3.63, 3.8) is 0 Å². The van der Waals surface area contributed by atoms with Gasteiger partial charge in [-0.1, -0.05) is 52.0 Å². The highest BCUT2D eigenvalue weighted by molar-refractivity contribution is 6.74. The molecule has 8 heteroatoms. The molecule has 7 nitrogen and oxygen atoms in total. The zero-order chi connectivity index (χ0) is 27.7. The molecule has 2 aliphatic rings. The number of hydrogen-bond donors (Lipinski definition) is 2. The third kappa shape index (κ3) is 3.56. The van der Waals surface area contributed by atoms with Crippen LogP contribution < -0.4 is 0 Å². The van der Waals surface area contributed by atoms with Gasteiger partial charge in [0.05, 0.1) is 34.6 Å². The molecule has 1 aromatic heterocycles. The maximum absolute atomic E-state index is 11.8. The summed E-state index contributed by atoms with van der Waals surface area (Å²) in [4.78, 5) is 0. The van der Waals surface area contributed by atoms with Gasteiger partial charge in [-0.2, -0.15) is 5.26 Å². The highest BCUT2D eigenvalue weighted by Gasteiger charge is 2.68. The van der Waals surface area contributed by atoms with E-state index in [2.05, 4.69) is 39.9 Å². The monoisotopic (exact) mass is 534 g/mol. The van der Waals surface area contributed by atoms with Crippen molar-refractivity contribution in [3.8, 4) is 23.5 Å². The van der Waals surface area contributed by atoms with Crippen molar-refractivity contribution in [3.05, 3.63) is 53.1 Å². The van der Waals surface area contributed by atoms with Crippen LogP contribution in [-0.2, 0) is 25.1 Å². The van der Waals surface area contributed by atoms with Gasteiger partial charge in [0, 0.05) is 37.3 Å². The van der Waals surface area contributed by atoms with E-state index < -0.39 is 19.5 Å². The summed E-state index contributed by atoms with van der Waals surface area (Å²) in [6.07, 6.45) is 1.41. The molecule has 0 aliphatic carbocycles. The Morgan fingerprint density at radius 3 is 2.37 bits per heavy atom. The van der Waals surface area contributed by atoms with Crippen molar-refractivity contribution >= 4 is 19.1 Å². The fourth-order valence-electron chi connectivity index (χ4n) is 6.19. The lowest BCUT2D eigenvalue weighted by Gasteiger charge is -2.37. The van der Waals surface area contributed by atoms with Crippen LogP contribution in [0.4, 0.5) is 0 Å². The number of ether oxygens (including phenoxy) is 2. The number of nitriles is 1. The number of rotatable bonds is 7. The molecule has 1 fully saturated rings. The SMILES string of the molecule is CC[C@@]12O[C@@](CCO[Si](C)(C)C(C)(C)C)(C[C@H]1OC)c1c2c(O)n(-c2ccc(C#N)c3ccccc23)c1O. The van der Waals surface area contributed by atoms with Crippen LogP contribution in [0.25, 0.3) is 16.5 Å². The van der Waals surface area contributed by atoms with Gasteiger partial charge < -0.3 is 24.1 Å². The molecule has 5 rings (SSSR count). The van der Waals surface area contributed by atoms with Crippen molar-refractivity contribution in [2.45, 2.75) is 82.4 Å². The quantitative estimate of drug-likeness (QED) is 0.333. The second kappa shape index (κ2) is 8.85. The molecule has 3 heterocycles. The first-order chi connectivity index (χ1) is 17.9. The summed E-state index contributed by atoms with van der Waals surface area (Å²) in [7, 11) is -0.320. The van der Waals surface area contributed by atoms with Gasteiger partial charge in [-0.25, -0.2) is 0 Å². The lowest BCUT2D eigenvalue weighted by molar-refractivity contribution is -0.125. The van der Waals surface area contributed by atoms with Crippen LogP contribution in [0.3, 0.4) is 0 Å². The van der Waals surface area contributed by atoms with Gasteiger partial charge in [-0.3, -0.25) is 4.57 Å². The summed E-state index contributed by atoms with van der Waals surface area (Å²) in [6.45, 7) is 13.6. The number of aromatic nitrogens is 1. The highest BCUT2D eigenvalue weighted by Crippen LogP contribution is 2.67. The third-order valence-electron chi connectivity index (χ3n) is 9.26. The molecular formula is C30H38N2O5Si. The predicted octanol–water partition coefficient (Wildman–Crippen LogP) is 6.57. The minimum absolute atomic E-state index is 0.0374. The standard InChI is InChI=1S/C30H38N2O5Si/c1-8-30-23(35-5)17-29(37-30,15-16-36-38(6,7)28(2,3)4)24-25(30)27(34)32(26(24)33)22-14-13-19(18-31)20-11-9-10-12-21(20)22/h9-14,23,33-34H,8,15-17H2,1-7H3/t23-,29+,30-/m1/s1. The molecule has 202 valence electrons. The zero-order valence-electron chi connectivity index (χ0n) is 23.4. The van der Waals surface area contributed by atoms with E-state index in [4.69, 9.17) is 13.9 Å². The fraction of sp³-hybridized carbons (Fsp3) is 0.500. The van der Waals surface area contributed by atoms with E-state index in [0.29, 0.717) is 48.2 Å². The average Bonchev–Trinajstić information content (AvgIpc) is 3.46. The van der Waals surface area contributed by atoms with Crippen LogP contribution in [-0.4, -0.2) is 42.9 Å². The summed E-state index contributed by atoms with van der Waals surface area (Å²) < 4.78 is 20.8. The first-order valence-corrected chi connectivity index (χ1v) is 16.2. The molecule has 38 heavy (non-hydrogen) atoms. The van der Waals surface area contributed by atoms with Crippen LogP contribution in [0, 0.1) is 11.3 Å². The molecule has 2 aliphatic heterocycles. The van der Waals surface area contributed by atoms with E-state index in [1.165, 1.54) is 4.57 Å². The number of hydrogen-bond acceptors (Lipinski definition) is 6. The zero-order valence-corrected chi connectivity index (χ0v) is 24.4. The Morgan fingerprint density at radius 2 is 1.76 bits per heavy atom. The first kappa shape index (κ1) is 26.8. The number of methoxy groups -OCH3 is 1. The summed E-state index contributed by atoms with van der Waals surface area (Å²) in [5.74, 6) is -0.0901. The second-order valence-electron chi connectivity index (χ2n) is 12.1. The Labute approximate surface area is 225 Å². The smallest absolute Gasteiger partial charge is 0.205 e. The van der Waals surface area contributed by atoms with Gasteiger partial charge in [0.2, 0.25) is 11.8 Å². The van der Waals surface area contributed by atoms with Gasteiger partial charge in [0.15, 0.2) is 8.32 Å². The number of benzene rings is 2. The highest BCUT2D eigenvalue weighted by atomic mass is 28.4. The van der Waals surface area contributed by atoms with Gasteiger partial charge in [-0.15, -0.1) is 0 Å². The molecule has 2 N–H and O–H groups in total. The Morgan fingerprint density at radius 1 is 1.11 bits per heavy atom. The van der Waals surface area contributed by atoms with E-state index in [9.17, 15) is 15.5 Å². The van der Waals surface area contributed by atoms with E-state index >= 15 is 0 Å². The number of fused-ring (bicyclic) bond motifs is 6. The summed E-state index contributed by atoms with van der Waals surface area (Å²) in [5, 5.41) is 34.8. The first-order valence-electron chi connectivity index (χ1n) is 13.3. The molecule has 3 aromatic rings. The molecule has 0 amide bonds. The minimum Gasteiger partial charge on any atom is -0.494 e. The normalized spacial score (nSPS) is 24.6. The Kier molecular flexibility index (Phi) is 6.23. The topological polar surface area (TPSA) is 96.9 Å². The molecule has 0 spiro atoms. The third-order valence-corrected chi connectivity index (χ3v) is 13.8. The molecule has 1 saturated heterocycles. The predicted molar refractivity (Wildman–Crippen MR) is 149 cm³/mol. The molecule has 2 aromatic carbocycles. The fourth-order valence-corrected chi connectivity index (χ4v) is 7.23. The largest absolute Gasteiger partial charge is 0.494 e. The maximum Gasteiger partial charge on any atom is 0.205 e. The Bertz CT molecular complexity index is 1450. The minimum atomic E-state index is -1.99. The summed E-state index contributed by atoms with van der Waals surface area (Å²) in [5.41, 5.74) is 0.639. The van der Waals surface area contributed by atoms with Crippen LogP contribution in [0.2, 0.25) is 18.1 Å². The van der Waals surface area contributed by atoms with Crippen molar-refractivity contribution in [1.29, 1.82) is 5.26 Å². The molecule has 2 bridgehead atoms.